The van der Waals surface area contributed by atoms with Gasteiger partial charge in [0, 0.05) is 70.6 Å². The number of aliphatic carboxylic acids is 1. The van der Waals surface area contributed by atoms with E-state index in [0.717, 1.165) is 69.0 Å². The Hall–Kier alpha value is -4.53. The summed E-state index contributed by atoms with van der Waals surface area (Å²) in [6.45, 7) is 13.5. The number of Topliss-reactive ketones (excluding diaryl/α,β-unsaturated/α-hetero) is 1. The number of aromatic nitrogens is 2. The fraction of sp³-hybridized carbons (Fsp3) is 0.364. The van der Waals surface area contributed by atoms with Crippen molar-refractivity contribution in [2.45, 2.75) is 66.7 Å². The Kier molecular flexibility index (Phi) is 7.62. The molecule has 0 aromatic carbocycles. The number of carboxylic acid groups (broad SMARTS) is 1. The summed E-state index contributed by atoms with van der Waals surface area (Å²) in [5, 5.41) is 12.4. The van der Waals surface area contributed by atoms with Crippen LogP contribution in [0.3, 0.4) is 0 Å². The zero-order chi connectivity index (χ0) is 30.5. The van der Waals surface area contributed by atoms with Gasteiger partial charge in [0.1, 0.15) is 0 Å². The summed E-state index contributed by atoms with van der Waals surface area (Å²) in [5.74, 6) is -1.43. The van der Waals surface area contributed by atoms with Crippen molar-refractivity contribution >= 4 is 35.2 Å². The molecule has 0 saturated heterocycles. The highest BCUT2D eigenvalue weighted by Crippen LogP contribution is 2.45. The highest BCUT2D eigenvalue weighted by molar-refractivity contribution is 6.14. The predicted octanol–water partition coefficient (Wildman–Crippen LogP) is 5.31. The molecule has 0 fully saturated rings. The van der Waals surface area contributed by atoms with Crippen molar-refractivity contribution in [2.75, 3.05) is 0 Å². The molecule has 5 rings (SSSR count). The number of nitrogens with zero attached hydrogens (tertiary/aromatic N) is 1. The number of amides is 1. The van der Waals surface area contributed by atoms with Gasteiger partial charge in [0.15, 0.2) is 12.1 Å². The van der Waals surface area contributed by atoms with Crippen molar-refractivity contribution in [3.8, 4) is 0 Å². The number of hydrogen-bond acceptors (Lipinski definition) is 5. The van der Waals surface area contributed by atoms with Crippen LogP contribution >= 0.6 is 0 Å². The van der Waals surface area contributed by atoms with Crippen LogP contribution in [0.5, 0.6) is 0 Å². The summed E-state index contributed by atoms with van der Waals surface area (Å²) in [6, 6.07) is 0. The van der Waals surface area contributed by atoms with Crippen LogP contribution in [-0.4, -0.2) is 44.7 Å². The lowest BCUT2D eigenvalue weighted by Crippen LogP contribution is -2.19. The third-order valence-electron chi connectivity index (χ3n) is 9.05. The molecule has 9 nitrogen and oxygen atoms in total. The topological polar surface area (TPSA) is 144 Å². The molecule has 0 spiro atoms. The van der Waals surface area contributed by atoms with Gasteiger partial charge in [-0.05, 0) is 62.0 Å². The minimum atomic E-state index is -0.889. The maximum Gasteiger partial charge on any atom is 0.303 e. The first kappa shape index (κ1) is 29.0. The number of carboxylic acids is 1. The lowest BCUT2D eigenvalue weighted by atomic mass is 9.84. The second-order valence-corrected chi connectivity index (χ2v) is 11.3. The van der Waals surface area contributed by atoms with Crippen LogP contribution in [0.15, 0.2) is 46.3 Å². The van der Waals surface area contributed by atoms with Crippen LogP contribution < -0.4 is 5.32 Å². The van der Waals surface area contributed by atoms with Crippen LogP contribution in [0.4, 0.5) is 0 Å². The molecular weight excluding hydrogens is 532 g/mol. The van der Waals surface area contributed by atoms with Gasteiger partial charge >= 0.3 is 5.97 Å². The Morgan fingerprint density at radius 3 is 2.50 bits per heavy atom. The fourth-order valence-corrected chi connectivity index (χ4v) is 6.62. The van der Waals surface area contributed by atoms with E-state index < -0.39 is 5.97 Å². The van der Waals surface area contributed by atoms with E-state index in [0.29, 0.717) is 35.4 Å². The third kappa shape index (κ3) is 4.72. The molecule has 218 valence electrons. The first-order valence-corrected chi connectivity index (χ1v) is 14.3. The van der Waals surface area contributed by atoms with Gasteiger partial charge in [-0.1, -0.05) is 26.5 Å². The fourth-order valence-electron chi connectivity index (χ4n) is 6.62. The summed E-state index contributed by atoms with van der Waals surface area (Å²) < 4.78 is 0. The van der Waals surface area contributed by atoms with Gasteiger partial charge in [-0.25, -0.2) is 0 Å². The maximum atomic E-state index is 13.4. The molecule has 4 heterocycles. The number of H-pyrrole nitrogens is 2. The number of carbonyl (C=O) groups is 4. The summed E-state index contributed by atoms with van der Waals surface area (Å²) in [6.07, 6.45) is 6.04. The van der Waals surface area contributed by atoms with E-state index in [1.165, 1.54) is 6.08 Å². The number of hydrogen-bond donors (Lipinski definition) is 4. The molecule has 3 aliphatic rings. The quantitative estimate of drug-likeness (QED) is 0.303. The van der Waals surface area contributed by atoms with Gasteiger partial charge in [0.25, 0.3) is 5.91 Å². The van der Waals surface area contributed by atoms with Crippen molar-refractivity contribution in [1.82, 2.24) is 15.3 Å². The maximum absolute atomic E-state index is 13.4. The average molecular weight is 569 g/mol. The van der Waals surface area contributed by atoms with Crippen molar-refractivity contribution in [1.29, 1.82) is 0 Å². The zero-order valence-corrected chi connectivity index (χ0v) is 24.7. The monoisotopic (exact) mass is 568 g/mol. The Morgan fingerprint density at radius 2 is 1.88 bits per heavy atom. The average Bonchev–Trinajstić information content (AvgIpc) is 3.69. The zero-order valence-electron chi connectivity index (χ0n) is 24.7. The molecule has 0 radical (unpaired) electrons. The molecule has 0 saturated carbocycles. The number of allylic oxidation sites excluding steroid dienone is 4. The molecule has 1 amide bonds. The number of aromatic amines is 2. The van der Waals surface area contributed by atoms with Gasteiger partial charge in [-0.15, -0.1) is 0 Å². The number of aliphatic imine (C=N–C) groups is 1. The van der Waals surface area contributed by atoms with E-state index in [1.54, 1.807) is 0 Å². The molecule has 2 aromatic rings. The van der Waals surface area contributed by atoms with Crippen LogP contribution in [0.1, 0.15) is 94.7 Å². The molecule has 0 bridgehead atoms. The lowest BCUT2D eigenvalue weighted by Gasteiger charge is -2.18. The van der Waals surface area contributed by atoms with Gasteiger partial charge in [0.05, 0.1) is 17.1 Å². The summed E-state index contributed by atoms with van der Waals surface area (Å²) in [5.41, 5.74) is 10.9. The second kappa shape index (κ2) is 11.0. The van der Waals surface area contributed by atoms with Crippen LogP contribution in [0, 0.1) is 25.7 Å². The first-order valence-electron chi connectivity index (χ1n) is 14.3. The Morgan fingerprint density at radius 1 is 1.14 bits per heavy atom. The number of nitrogens with one attached hydrogen (secondary N) is 3. The Bertz CT molecular complexity index is 1690. The van der Waals surface area contributed by atoms with Crippen LogP contribution in [-0.2, 0) is 22.4 Å². The number of ketones is 1. The normalized spacial score (nSPS) is 22.7. The van der Waals surface area contributed by atoms with Gasteiger partial charge in [-0.2, -0.15) is 0 Å². The van der Waals surface area contributed by atoms with E-state index >= 15 is 0 Å². The van der Waals surface area contributed by atoms with Crippen molar-refractivity contribution in [3.63, 3.8) is 0 Å². The highest BCUT2D eigenvalue weighted by Gasteiger charge is 2.39. The van der Waals surface area contributed by atoms with Gasteiger partial charge < -0.3 is 20.4 Å². The lowest BCUT2D eigenvalue weighted by molar-refractivity contribution is -0.137. The third-order valence-corrected chi connectivity index (χ3v) is 9.05. The number of fused-ring (bicyclic) bond motifs is 1. The van der Waals surface area contributed by atoms with Crippen molar-refractivity contribution < 1.29 is 24.3 Å². The highest BCUT2D eigenvalue weighted by atomic mass is 16.4. The first-order chi connectivity index (χ1) is 20.0. The Balaban J connectivity index is 1.60. The SMILES string of the molecule is C=CC1=C(C)/C(=C/C2=NC(=C3/CC(=O)c4c3[nH]c(Cc3[nH]c(C=O)c(C)c3CC)c4C)/[C@@H](CCC(=O)O)[C@@H]2C)NC1=O. The van der Waals surface area contributed by atoms with Crippen LogP contribution in [0.25, 0.3) is 5.57 Å². The molecule has 42 heavy (non-hydrogen) atoms. The Labute approximate surface area is 244 Å². The summed E-state index contributed by atoms with van der Waals surface area (Å²) in [4.78, 5) is 60.6. The van der Waals surface area contributed by atoms with Crippen molar-refractivity contribution in [3.05, 3.63) is 86.3 Å². The van der Waals surface area contributed by atoms with Gasteiger partial charge in [0.2, 0.25) is 0 Å². The van der Waals surface area contributed by atoms with E-state index in [2.05, 4.69) is 28.8 Å². The molecule has 2 atom stereocenters. The smallest absolute Gasteiger partial charge is 0.303 e. The molecule has 1 aliphatic carbocycles. The number of carbonyl (C=O) groups excluding carboxylic acids is 3. The predicted molar refractivity (Wildman–Crippen MR) is 161 cm³/mol. The molecule has 0 unspecified atom stereocenters. The largest absolute Gasteiger partial charge is 0.481 e. The minimum Gasteiger partial charge on any atom is -0.481 e. The van der Waals surface area contributed by atoms with Crippen molar-refractivity contribution in [2.24, 2.45) is 16.8 Å². The standard InChI is InChI=1S/C33H36N4O5/c1-7-19-15(3)27(14-38)34-26(19)13-25-18(6)30-28(39)11-22(32(30)36-25)31-21(9-10-29(40)41)17(5)23(35-31)12-24-16(4)20(8-2)33(42)37-24/h8,12,14,17,21,34,36H,2,7,9-11,13H2,1,3-6H3,(H,37,42)(H,40,41)/b24-12-,31-22-/t17-,21-/m0/s1. The summed E-state index contributed by atoms with van der Waals surface area (Å²) in [7, 11) is 0. The molecule has 2 aromatic heterocycles. The molecule has 2 aliphatic heterocycles. The summed E-state index contributed by atoms with van der Waals surface area (Å²) >= 11 is 0. The molecular formula is C33H36N4O5. The van der Waals surface area contributed by atoms with E-state index in [1.807, 2.05) is 33.8 Å². The van der Waals surface area contributed by atoms with E-state index in [-0.39, 0.29) is 36.4 Å². The van der Waals surface area contributed by atoms with E-state index in [4.69, 9.17) is 4.99 Å². The number of aldehydes is 1. The number of rotatable bonds is 9. The van der Waals surface area contributed by atoms with Crippen LogP contribution in [0.2, 0.25) is 0 Å². The van der Waals surface area contributed by atoms with Gasteiger partial charge in [-0.3, -0.25) is 24.2 Å². The molecule has 4 N–H and O–H groups in total. The minimum absolute atomic E-state index is 0.00330. The second-order valence-electron chi connectivity index (χ2n) is 11.3. The molecule has 9 heteroatoms. The van der Waals surface area contributed by atoms with E-state index in [9.17, 15) is 24.3 Å².